The Labute approximate surface area is 129 Å². The molecular formula is C15H18ClN5. The number of para-hydroxylation sites is 1. The molecule has 1 aliphatic rings. The van der Waals surface area contributed by atoms with Gasteiger partial charge >= 0.3 is 0 Å². The van der Waals surface area contributed by atoms with Crippen molar-refractivity contribution in [3.05, 3.63) is 35.5 Å². The van der Waals surface area contributed by atoms with E-state index in [1.807, 2.05) is 24.3 Å². The number of aromatic nitrogens is 3. The molecule has 1 N–H and O–H groups in total. The number of nitrogens with zero attached hydrogens (tertiary/aromatic N) is 4. The van der Waals surface area contributed by atoms with Gasteiger partial charge in [0.2, 0.25) is 5.95 Å². The van der Waals surface area contributed by atoms with Crippen LogP contribution in [0.25, 0.3) is 0 Å². The minimum Gasteiger partial charge on any atom is -0.339 e. The van der Waals surface area contributed by atoms with Crippen molar-refractivity contribution in [3.63, 3.8) is 0 Å². The van der Waals surface area contributed by atoms with E-state index >= 15 is 0 Å². The lowest BCUT2D eigenvalue weighted by Gasteiger charge is -2.30. The van der Waals surface area contributed by atoms with E-state index in [9.17, 15) is 0 Å². The lowest BCUT2D eigenvalue weighted by atomic mass is 10.0. The third-order valence-corrected chi connectivity index (χ3v) is 3.95. The summed E-state index contributed by atoms with van der Waals surface area (Å²) in [6, 6.07) is 7.57. The van der Waals surface area contributed by atoms with Crippen LogP contribution >= 0.6 is 11.6 Å². The number of halogens is 1. The second-order valence-electron chi connectivity index (χ2n) is 5.44. The van der Waals surface area contributed by atoms with Gasteiger partial charge < -0.3 is 10.2 Å². The maximum Gasteiger partial charge on any atom is 0.247 e. The summed E-state index contributed by atoms with van der Waals surface area (Å²) in [5.41, 5.74) is 0.817. The average molecular weight is 304 g/mol. The van der Waals surface area contributed by atoms with Gasteiger partial charge in [-0.1, -0.05) is 30.7 Å². The van der Waals surface area contributed by atoms with E-state index in [1.54, 1.807) is 6.20 Å². The van der Waals surface area contributed by atoms with Crippen LogP contribution in [0, 0.1) is 5.92 Å². The van der Waals surface area contributed by atoms with E-state index in [1.165, 1.54) is 12.8 Å². The van der Waals surface area contributed by atoms with E-state index in [4.69, 9.17) is 11.6 Å². The molecule has 1 atom stereocenters. The molecule has 0 saturated carbocycles. The van der Waals surface area contributed by atoms with Crippen molar-refractivity contribution >= 4 is 29.1 Å². The van der Waals surface area contributed by atoms with E-state index in [0.717, 1.165) is 18.8 Å². The molecule has 1 unspecified atom stereocenters. The summed E-state index contributed by atoms with van der Waals surface area (Å²) in [5.74, 6) is 2.01. The zero-order chi connectivity index (χ0) is 14.7. The van der Waals surface area contributed by atoms with Crippen LogP contribution in [-0.2, 0) is 0 Å². The van der Waals surface area contributed by atoms with Gasteiger partial charge in [-0.3, -0.25) is 0 Å². The molecule has 0 bridgehead atoms. The van der Waals surface area contributed by atoms with Crippen LogP contribution in [0.15, 0.2) is 30.5 Å². The lowest BCUT2D eigenvalue weighted by Crippen LogP contribution is -2.35. The third-order valence-electron chi connectivity index (χ3n) is 3.62. The SMILES string of the molecule is CC1CCCN(c2nncc(Nc3ccccc3Cl)n2)C1. The fourth-order valence-corrected chi connectivity index (χ4v) is 2.74. The van der Waals surface area contributed by atoms with Gasteiger partial charge in [0, 0.05) is 13.1 Å². The Bertz CT molecular complexity index is 619. The first kappa shape index (κ1) is 14.1. The van der Waals surface area contributed by atoms with Crippen LogP contribution in [0.5, 0.6) is 0 Å². The van der Waals surface area contributed by atoms with Crippen molar-refractivity contribution in [2.24, 2.45) is 5.92 Å². The van der Waals surface area contributed by atoms with Gasteiger partial charge in [0.15, 0.2) is 5.82 Å². The smallest absolute Gasteiger partial charge is 0.247 e. The summed E-state index contributed by atoms with van der Waals surface area (Å²) < 4.78 is 0. The molecule has 1 aliphatic heterocycles. The predicted octanol–water partition coefficient (Wildman–Crippen LogP) is 3.50. The zero-order valence-corrected chi connectivity index (χ0v) is 12.7. The van der Waals surface area contributed by atoms with Crippen molar-refractivity contribution in [2.75, 3.05) is 23.3 Å². The van der Waals surface area contributed by atoms with Gasteiger partial charge in [-0.05, 0) is 30.9 Å². The monoisotopic (exact) mass is 303 g/mol. The highest BCUT2D eigenvalue weighted by atomic mass is 35.5. The molecule has 110 valence electrons. The molecule has 1 saturated heterocycles. The molecular weight excluding hydrogens is 286 g/mol. The summed E-state index contributed by atoms with van der Waals surface area (Å²) in [6.45, 7) is 4.23. The van der Waals surface area contributed by atoms with Gasteiger partial charge in [0.05, 0.1) is 16.9 Å². The highest BCUT2D eigenvalue weighted by Gasteiger charge is 2.19. The topological polar surface area (TPSA) is 53.9 Å². The number of nitrogens with one attached hydrogen (secondary N) is 1. The van der Waals surface area contributed by atoms with E-state index < -0.39 is 0 Å². The van der Waals surface area contributed by atoms with Crippen molar-refractivity contribution < 1.29 is 0 Å². The Hall–Kier alpha value is -1.88. The van der Waals surface area contributed by atoms with Crippen LogP contribution < -0.4 is 10.2 Å². The van der Waals surface area contributed by atoms with Crippen molar-refractivity contribution in [1.82, 2.24) is 15.2 Å². The highest BCUT2D eigenvalue weighted by molar-refractivity contribution is 6.33. The molecule has 2 heterocycles. The molecule has 0 amide bonds. The maximum absolute atomic E-state index is 6.15. The van der Waals surface area contributed by atoms with Crippen LogP contribution in [-0.4, -0.2) is 28.3 Å². The van der Waals surface area contributed by atoms with Crippen LogP contribution in [0.1, 0.15) is 19.8 Å². The fourth-order valence-electron chi connectivity index (χ4n) is 2.56. The second kappa shape index (κ2) is 6.26. The number of hydrogen-bond acceptors (Lipinski definition) is 5. The first-order chi connectivity index (χ1) is 10.2. The normalized spacial score (nSPS) is 18.6. The molecule has 1 fully saturated rings. The maximum atomic E-state index is 6.15. The first-order valence-corrected chi connectivity index (χ1v) is 7.56. The molecule has 0 spiro atoms. The summed E-state index contributed by atoms with van der Waals surface area (Å²) in [5, 5.41) is 12.1. The number of piperidine rings is 1. The molecule has 0 radical (unpaired) electrons. The van der Waals surface area contributed by atoms with Gasteiger partial charge in [0.1, 0.15) is 0 Å². The largest absolute Gasteiger partial charge is 0.339 e. The Morgan fingerprint density at radius 3 is 3.00 bits per heavy atom. The molecule has 1 aromatic carbocycles. The van der Waals surface area contributed by atoms with Crippen LogP contribution in [0.2, 0.25) is 5.02 Å². The van der Waals surface area contributed by atoms with Crippen molar-refractivity contribution in [2.45, 2.75) is 19.8 Å². The Morgan fingerprint density at radius 2 is 2.19 bits per heavy atom. The number of hydrogen-bond donors (Lipinski definition) is 1. The Morgan fingerprint density at radius 1 is 1.33 bits per heavy atom. The number of anilines is 3. The molecule has 0 aliphatic carbocycles. The molecule has 3 rings (SSSR count). The number of benzene rings is 1. The van der Waals surface area contributed by atoms with Gasteiger partial charge in [-0.25, -0.2) is 0 Å². The molecule has 6 heteroatoms. The van der Waals surface area contributed by atoms with Crippen LogP contribution in [0.3, 0.4) is 0 Å². The average Bonchev–Trinajstić information content (AvgIpc) is 2.50. The van der Waals surface area contributed by atoms with Gasteiger partial charge in [-0.2, -0.15) is 10.1 Å². The van der Waals surface area contributed by atoms with Gasteiger partial charge in [0.25, 0.3) is 0 Å². The zero-order valence-electron chi connectivity index (χ0n) is 12.0. The van der Waals surface area contributed by atoms with Gasteiger partial charge in [-0.15, -0.1) is 5.10 Å². The summed E-state index contributed by atoms with van der Waals surface area (Å²) in [4.78, 5) is 6.74. The molecule has 2 aromatic rings. The molecule has 5 nitrogen and oxygen atoms in total. The summed E-state index contributed by atoms with van der Waals surface area (Å²) in [6.07, 6.45) is 4.05. The Kier molecular flexibility index (Phi) is 4.20. The fraction of sp³-hybridized carbons (Fsp3) is 0.400. The third kappa shape index (κ3) is 3.42. The lowest BCUT2D eigenvalue weighted by molar-refractivity contribution is 0.441. The standard InChI is InChI=1S/C15H18ClN5/c1-11-5-4-8-21(10-11)15-19-14(9-17-20-15)18-13-7-3-2-6-12(13)16/h2-3,6-7,9,11H,4-5,8,10H2,1H3,(H,18,19,20). The van der Waals surface area contributed by atoms with Crippen molar-refractivity contribution in [3.8, 4) is 0 Å². The predicted molar refractivity (Wildman–Crippen MR) is 85.2 cm³/mol. The summed E-state index contributed by atoms with van der Waals surface area (Å²) >= 11 is 6.15. The van der Waals surface area contributed by atoms with E-state index in [2.05, 4.69) is 32.3 Å². The molecule has 21 heavy (non-hydrogen) atoms. The van der Waals surface area contributed by atoms with E-state index in [-0.39, 0.29) is 0 Å². The van der Waals surface area contributed by atoms with E-state index in [0.29, 0.717) is 22.7 Å². The number of rotatable bonds is 3. The Balaban J connectivity index is 1.78. The minimum absolute atomic E-state index is 0.657. The molecule has 1 aromatic heterocycles. The van der Waals surface area contributed by atoms with Crippen molar-refractivity contribution in [1.29, 1.82) is 0 Å². The first-order valence-electron chi connectivity index (χ1n) is 7.18. The second-order valence-corrected chi connectivity index (χ2v) is 5.85. The summed E-state index contributed by atoms with van der Waals surface area (Å²) in [7, 11) is 0. The highest BCUT2D eigenvalue weighted by Crippen LogP contribution is 2.25. The van der Waals surface area contributed by atoms with Crippen LogP contribution in [0.4, 0.5) is 17.5 Å². The minimum atomic E-state index is 0.657. The quantitative estimate of drug-likeness (QED) is 0.940.